The van der Waals surface area contributed by atoms with E-state index < -0.39 is 10.0 Å². The molecule has 1 heterocycles. The number of rotatable bonds is 7. The van der Waals surface area contributed by atoms with Crippen LogP contribution in [-0.2, 0) is 14.8 Å². The van der Waals surface area contributed by atoms with Crippen molar-refractivity contribution in [2.24, 2.45) is 0 Å². The van der Waals surface area contributed by atoms with Crippen LogP contribution in [-0.4, -0.2) is 45.9 Å². The summed E-state index contributed by atoms with van der Waals surface area (Å²) in [5, 5.41) is 2.84. The van der Waals surface area contributed by atoms with E-state index in [0.29, 0.717) is 17.9 Å². The van der Waals surface area contributed by atoms with Crippen molar-refractivity contribution in [3.63, 3.8) is 0 Å². The zero-order valence-electron chi connectivity index (χ0n) is 18.5. The van der Waals surface area contributed by atoms with Crippen molar-refractivity contribution in [2.75, 3.05) is 36.3 Å². The van der Waals surface area contributed by atoms with E-state index in [4.69, 9.17) is 0 Å². The summed E-state index contributed by atoms with van der Waals surface area (Å²) in [7, 11) is -2.23. The Hall–Kier alpha value is -3.42. The smallest absolute Gasteiger partial charge is 0.264 e. The van der Waals surface area contributed by atoms with Gasteiger partial charge < -0.3 is 5.32 Å². The average molecular weight is 462 g/mol. The summed E-state index contributed by atoms with van der Waals surface area (Å²) in [4.78, 5) is 14.8. The van der Waals surface area contributed by atoms with Crippen LogP contribution in [0.25, 0.3) is 5.57 Å². The van der Waals surface area contributed by atoms with E-state index in [0.717, 1.165) is 13.0 Å². The van der Waals surface area contributed by atoms with E-state index in [-0.39, 0.29) is 17.3 Å². The highest BCUT2D eigenvalue weighted by Crippen LogP contribution is 2.24. The van der Waals surface area contributed by atoms with Gasteiger partial charge in [0.1, 0.15) is 0 Å². The van der Waals surface area contributed by atoms with Gasteiger partial charge in [-0.1, -0.05) is 60.7 Å². The highest BCUT2D eigenvalue weighted by Gasteiger charge is 2.22. The van der Waals surface area contributed by atoms with Gasteiger partial charge in [-0.3, -0.25) is 14.0 Å². The second-order valence-corrected chi connectivity index (χ2v) is 9.93. The molecule has 0 atom stereocenters. The third-order valence-electron chi connectivity index (χ3n) is 5.70. The molecule has 0 aliphatic carbocycles. The van der Waals surface area contributed by atoms with E-state index in [9.17, 15) is 13.2 Å². The van der Waals surface area contributed by atoms with Crippen molar-refractivity contribution in [3.8, 4) is 0 Å². The van der Waals surface area contributed by atoms with E-state index in [1.807, 2.05) is 24.3 Å². The average Bonchev–Trinajstić information content (AvgIpc) is 2.85. The number of nitrogens with zero attached hydrogens (tertiary/aromatic N) is 2. The second kappa shape index (κ2) is 10.0. The molecule has 1 aliphatic rings. The minimum Gasteiger partial charge on any atom is -0.325 e. The zero-order valence-corrected chi connectivity index (χ0v) is 19.3. The first-order chi connectivity index (χ1) is 15.9. The van der Waals surface area contributed by atoms with Crippen LogP contribution in [0.2, 0.25) is 0 Å². The molecule has 1 amide bonds. The number of carbonyl (C=O) groups excluding carboxylic acids is 1. The minimum absolute atomic E-state index is 0.125. The summed E-state index contributed by atoms with van der Waals surface area (Å²) in [6, 6.07) is 25.5. The normalized spacial score (nSPS) is 14.4. The van der Waals surface area contributed by atoms with Crippen molar-refractivity contribution in [2.45, 2.75) is 11.3 Å². The maximum absolute atomic E-state index is 13.0. The number of carbonyl (C=O) groups is 1. The van der Waals surface area contributed by atoms with Crippen molar-refractivity contribution < 1.29 is 13.2 Å². The summed E-state index contributed by atoms with van der Waals surface area (Å²) in [5.41, 5.74) is 3.55. The zero-order chi connectivity index (χ0) is 23.3. The van der Waals surface area contributed by atoms with E-state index in [1.165, 1.54) is 34.6 Å². The lowest BCUT2D eigenvalue weighted by molar-refractivity contribution is -0.117. The first kappa shape index (κ1) is 22.8. The molecule has 3 aromatic rings. The lowest BCUT2D eigenvalue weighted by Gasteiger charge is -2.26. The number of hydrogen-bond acceptors (Lipinski definition) is 4. The second-order valence-electron chi connectivity index (χ2n) is 7.96. The Balaban J connectivity index is 1.38. The summed E-state index contributed by atoms with van der Waals surface area (Å²) < 4.78 is 27.3. The van der Waals surface area contributed by atoms with E-state index >= 15 is 0 Å². The van der Waals surface area contributed by atoms with Gasteiger partial charge in [-0.2, -0.15) is 0 Å². The van der Waals surface area contributed by atoms with E-state index in [2.05, 4.69) is 28.4 Å². The molecule has 6 nitrogen and oxygen atoms in total. The molecule has 0 aromatic heterocycles. The number of sulfonamides is 1. The van der Waals surface area contributed by atoms with E-state index in [1.54, 1.807) is 36.4 Å². The molecule has 3 aromatic carbocycles. The number of anilines is 2. The lowest BCUT2D eigenvalue weighted by atomic mass is 10.00. The Kier molecular flexibility index (Phi) is 6.91. The number of nitrogens with one attached hydrogen (secondary N) is 1. The monoisotopic (exact) mass is 461 g/mol. The molecule has 1 aliphatic heterocycles. The summed E-state index contributed by atoms with van der Waals surface area (Å²) in [6.45, 7) is 1.75. The molecule has 1 N–H and O–H groups in total. The molecule has 0 spiro atoms. The van der Waals surface area contributed by atoms with Crippen molar-refractivity contribution in [1.29, 1.82) is 0 Å². The Morgan fingerprint density at radius 3 is 2.33 bits per heavy atom. The number of benzene rings is 3. The van der Waals surface area contributed by atoms with Crippen LogP contribution >= 0.6 is 0 Å². The maximum Gasteiger partial charge on any atom is 0.264 e. The largest absolute Gasteiger partial charge is 0.325 e. The SMILES string of the molecule is CN(c1ccccc1)S(=O)(=O)c1cccc(NC(=O)CN2CC=C(c3ccccc3)CC2)c1. The molecule has 4 rings (SSSR count). The fourth-order valence-corrected chi connectivity index (χ4v) is 5.08. The molecule has 0 radical (unpaired) electrons. The molecule has 0 unspecified atom stereocenters. The van der Waals surface area contributed by atoms with Crippen LogP contribution in [0, 0.1) is 0 Å². The van der Waals surface area contributed by atoms with Crippen LogP contribution in [0.5, 0.6) is 0 Å². The fraction of sp³-hybridized carbons (Fsp3) is 0.192. The summed E-state index contributed by atoms with van der Waals surface area (Å²) >= 11 is 0. The maximum atomic E-state index is 13.0. The molecule has 33 heavy (non-hydrogen) atoms. The predicted octanol–water partition coefficient (Wildman–Crippen LogP) is 4.24. The Morgan fingerprint density at radius 2 is 1.67 bits per heavy atom. The lowest BCUT2D eigenvalue weighted by Crippen LogP contribution is -2.36. The minimum atomic E-state index is -3.75. The van der Waals surface area contributed by atoms with Gasteiger partial charge in [0.05, 0.1) is 17.1 Å². The molecule has 7 heteroatoms. The van der Waals surface area contributed by atoms with Gasteiger partial charge in [0.25, 0.3) is 10.0 Å². The van der Waals surface area contributed by atoms with Gasteiger partial charge >= 0.3 is 0 Å². The molecule has 170 valence electrons. The number of para-hydroxylation sites is 1. The van der Waals surface area contributed by atoms with Crippen molar-refractivity contribution >= 4 is 32.9 Å². The molecule has 0 bridgehead atoms. The number of hydrogen-bond donors (Lipinski definition) is 1. The standard InChI is InChI=1S/C26H27N3O3S/c1-28(24-12-6-3-7-13-24)33(31,32)25-14-8-11-23(19-25)27-26(30)20-29-17-15-22(16-18-29)21-9-4-2-5-10-21/h2-15,19H,16-18,20H2,1H3,(H,27,30). The fourth-order valence-electron chi connectivity index (χ4n) is 3.84. The quantitative estimate of drug-likeness (QED) is 0.571. The number of amides is 1. The molecular formula is C26H27N3O3S. The molecule has 0 saturated heterocycles. The Morgan fingerprint density at radius 1 is 0.970 bits per heavy atom. The third kappa shape index (κ3) is 5.50. The highest BCUT2D eigenvalue weighted by atomic mass is 32.2. The van der Waals surface area contributed by atoms with Gasteiger partial charge in [0.15, 0.2) is 0 Å². The molecular weight excluding hydrogens is 434 g/mol. The molecule has 0 saturated carbocycles. The van der Waals surface area contributed by atoms with Crippen molar-refractivity contribution in [1.82, 2.24) is 4.90 Å². The first-order valence-corrected chi connectivity index (χ1v) is 12.3. The van der Waals surface area contributed by atoms with Crippen LogP contribution < -0.4 is 9.62 Å². The van der Waals surface area contributed by atoms with Crippen LogP contribution in [0.4, 0.5) is 11.4 Å². The Bertz CT molecular complexity index is 1240. The van der Waals surface area contributed by atoms with Gasteiger partial charge in [-0.05, 0) is 47.9 Å². The Labute approximate surface area is 195 Å². The van der Waals surface area contributed by atoms with Crippen LogP contribution in [0.3, 0.4) is 0 Å². The van der Waals surface area contributed by atoms with Gasteiger partial charge in [0, 0.05) is 25.8 Å². The molecule has 0 fully saturated rings. The summed E-state index contributed by atoms with van der Waals surface area (Å²) in [6.07, 6.45) is 3.05. The highest BCUT2D eigenvalue weighted by molar-refractivity contribution is 7.92. The first-order valence-electron chi connectivity index (χ1n) is 10.8. The third-order valence-corrected chi connectivity index (χ3v) is 7.48. The summed E-state index contributed by atoms with van der Waals surface area (Å²) in [5.74, 6) is -0.169. The van der Waals surface area contributed by atoms with Crippen LogP contribution in [0.1, 0.15) is 12.0 Å². The van der Waals surface area contributed by atoms with Gasteiger partial charge in [-0.25, -0.2) is 8.42 Å². The van der Waals surface area contributed by atoms with Gasteiger partial charge in [0.2, 0.25) is 5.91 Å². The van der Waals surface area contributed by atoms with Crippen LogP contribution in [0.15, 0.2) is 95.9 Å². The predicted molar refractivity (Wildman–Crippen MR) is 133 cm³/mol. The van der Waals surface area contributed by atoms with Gasteiger partial charge in [-0.15, -0.1) is 0 Å². The topological polar surface area (TPSA) is 69.7 Å². The van der Waals surface area contributed by atoms with Crippen molar-refractivity contribution in [3.05, 3.63) is 96.6 Å².